The Morgan fingerprint density at radius 2 is 1.35 bits per heavy atom. The molecule has 0 atom stereocenters. The quantitative estimate of drug-likeness (QED) is 0.681. The molecule has 1 aromatic heterocycles. The van der Waals surface area contributed by atoms with Crippen molar-refractivity contribution in [1.29, 1.82) is 5.26 Å². The Morgan fingerprint density at radius 1 is 0.826 bits per heavy atom. The average Bonchev–Trinajstić information content (AvgIpc) is 3.06. The molecule has 1 heterocycles. The number of hydrogen-bond acceptors (Lipinski definition) is 4. The zero-order valence-corrected chi connectivity index (χ0v) is 13.7. The average molecular weight is 321 g/mol. The molecule has 4 heteroatoms. The molecule has 2 aromatic carbocycles. The summed E-state index contributed by atoms with van der Waals surface area (Å²) in [5, 5.41) is 9.43. The smallest absolute Gasteiger partial charge is 0.118 e. The van der Waals surface area contributed by atoms with Gasteiger partial charge in [-0.25, -0.2) is 0 Å². The molecule has 0 saturated heterocycles. The highest BCUT2D eigenvalue weighted by Crippen LogP contribution is 2.38. The summed E-state index contributed by atoms with van der Waals surface area (Å²) in [6.07, 6.45) is 0. The SMILES string of the molecule is COc1ccc(-c2cc(C#N)c(-c3ccc(OC)cc3)s2)cc1. The third-order valence-corrected chi connectivity index (χ3v) is 4.81. The predicted octanol–water partition coefficient (Wildman–Crippen LogP) is 4.97. The van der Waals surface area contributed by atoms with Gasteiger partial charge in [0.2, 0.25) is 0 Å². The summed E-state index contributed by atoms with van der Waals surface area (Å²) < 4.78 is 10.4. The Balaban J connectivity index is 2.01. The van der Waals surface area contributed by atoms with Crippen LogP contribution >= 0.6 is 11.3 Å². The van der Waals surface area contributed by atoms with Crippen LogP contribution in [0.3, 0.4) is 0 Å². The molecule has 0 aliphatic heterocycles. The molecule has 0 aliphatic rings. The van der Waals surface area contributed by atoms with Gasteiger partial charge in [0.15, 0.2) is 0 Å². The number of rotatable bonds is 4. The molecular formula is C19H15NO2S. The first kappa shape index (κ1) is 15.1. The lowest BCUT2D eigenvalue weighted by Gasteiger charge is -2.02. The van der Waals surface area contributed by atoms with E-state index in [0.29, 0.717) is 5.56 Å². The number of hydrogen-bond donors (Lipinski definition) is 0. The fourth-order valence-electron chi connectivity index (χ4n) is 2.33. The Labute approximate surface area is 139 Å². The van der Waals surface area contributed by atoms with Gasteiger partial charge < -0.3 is 9.47 Å². The summed E-state index contributed by atoms with van der Waals surface area (Å²) in [6.45, 7) is 0. The van der Waals surface area contributed by atoms with Crippen molar-refractivity contribution >= 4 is 11.3 Å². The molecule has 0 spiro atoms. The molecule has 0 unspecified atom stereocenters. The lowest BCUT2D eigenvalue weighted by atomic mass is 10.1. The van der Waals surface area contributed by atoms with Crippen LogP contribution < -0.4 is 9.47 Å². The number of methoxy groups -OCH3 is 2. The van der Waals surface area contributed by atoms with E-state index in [-0.39, 0.29) is 0 Å². The Kier molecular flexibility index (Phi) is 4.31. The van der Waals surface area contributed by atoms with E-state index in [4.69, 9.17) is 9.47 Å². The third kappa shape index (κ3) is 3.05. The highest BCUT2D eigenvalue weighted by Gasteiger charge is 2.12. The van der Waals surface area contributed by atoms with Crippen molar-refractivity contribution in [3.8, 4) is 38.4 Å². The largest absolute Gasteiger partial charge is 0.497 e. The summed E-state index contributed by atoms with van der Waals surface area (Å²) >= 11 is 1.61. The van der Waals surface area contributed by atoms with Gasteiger partial charge in [0.05, 0.1) is 24.7 Å². The van der Waals surface area contributed by atoms with Crippen LogP contribution in [-0.4, -0.2) is 14.2 Å². The van der Waals surface area contributed by atoms with Gasteiger partial charge in [-0.1, -0.05) is 0 Å². The van der Waals surface area contributed by atoms with Crippen LogP contribution in [0, 0.1) is 11.3 Å². The number of ether oxygens (including phenoxy) is 2. The van der Waals surface area contributed by atoms with E-state index < -0.39 is 0 Å². The zero-order chi connectivity index (χ0) is 16.2. The molecule has 3 aromatic rings. The normalized spacial score (nSPS) is 10.1. The molecule has 0 bridgehead atoms. The van der Waals surface area contributed by atoms with E-state index >= 15 is 0 Å². The molecular weight excluding hydrogens is 306 g/mol. The minimum atomic E-state index is 0.686. The Bertz CT molecular complexity index is 843. The van der Waals surface area contributed by atoms with E-state index in [0.717, 1.165) is 32.4 Å². The Morgan fingerprint density at radius 3 is 1.83 bits per heavy atom. The van der Waals surface area contributed by atoms with Crippen molar-refractivity contribution in [3.05, 3.63) is 60.2 Å². The third-order valence-electron chi connectivity index (χ3n) is 3.58. The molecule has 114 valence electrons. The molecule has 23 heavy (non-hydrogen) atoms. The second kappa shape index (κ2) is 6.55. The van der Waals surface area contributed by atoms with E-state index in [2.05, 4.69) is 6.07 Å². The van der Waals surface area contributed by atoms with Crippen LogP contribution in [0.2, 0.25) is 0 Å². The molecule has 0 radical (unpaired) electrons. The van der Waals surface area contributed by atoms with Crippen molar-refractivity contribution < 1.29 is 9.47 Å². The van der Waals surface area contributed by atoms with Gasteiger partial charge in [-0.05, 0) is 65.7 Å². The van der Waals surface area contributed by atoms with Crippen LogP contribution in [-0.2, 0) is 0 Å². The maximum absolute atomic E-state index is 9.43. The van der Waals surface area contributed by atoms with Gasteiger partial charge in [-0.3, -0.25) is 0 Å². The standard InChI is InChI=1S/C19H15NO2S/c1-21-16-7-3-13(4-8-16)18-11-15(12-20)19(23-18)14-5-9-17(22-2)10-6-14/h3-11H,1-2H3. The topological polar surface area (TPSA) is 42.2 Å². The summed E-state index contributed by atoms with van der Waals surface area (Å²) in [5.41, 5.74) is 2.78. The summed E-state index contributed by atoms with van der Waals surface area (Å²) in [4.78, 5) is 2.04. The number of nitrogens with zero attached hydrogens (tertiary/aromatic N) is 1. The van der Waals surface area contributed by atoms with Gasteiger partial charge >= 0.3 is 0 Å². The molecule has 3 nitrogen and oxygen atoms in total. The zero-order valence-electron chi connectivity index (χ0n) is 12.9. The number of thiophene rings is 1. The molecule has 0 N–H and O–H groups in total. The number of nitriles is 1. The molecule has 0 saturated carbocycles. The van der Waals surface area contributed by atoms with Crippen LogP contribution in [0.25, 0.3) is 20.9 Å². The predicted molar refractivity (Wildman–Crippen MR) is 93.0 cm³/mol. The number of benzene rings is 2. The van der Waals surface area contributed by atoms with Gasteiger partial charge in [-0.15, -0.1) is 11.3 Å². The monoisotopic (exact) mass is 321 g/mol. The second-order valence-electron chi connectivity index (χ2n) is 4.92. The summed E-state index contributed by atoms with van der Waals surface area (Å²) in [7, 11) is 3.29. The van der Waals surface area contributed by atoms with Gasteiger partial charge in [0, 0.05) is 4.88 Å². The fourth-order valence-corrected chi connectivity index (χ4v) is 3.45. The lowest BCUT2D eigenvalue weighted by Crippen LogP contribution is -1.82. The summed E-state index contributed by atoms with van der Waals surface area (Å²) in [5.74, 6) is 1.63. The Hall–Kier alpha value is -2.77. The summed E-state index contributed by atoms with van der Waals surface area (Å²) in [6, 6.07) is 19.8. The maximum atomic E-state index is 9.43. The van der Waals surface area contributed by atoms with Gasteiger partial charge in [-0.2, -0.15) is 5.26 Å². The molecule has 0 fully saturated rings. The lowest BCUT2D eigenvalue weighted by molar-refractivity contribution is 0.415. The molecule has 3 rings (SSSR count). The van der Waals surface area contributed by atoms with Crippen molar-refractivity contribution in [2.24, 2.45) is 0 Å². The first-order valence-electron chi connectivity index (χ1n) is 7.08. The first-order chi connectivity index (χ1) is 11.2. The minimum absolute atomic E-state index is 0.686. The first-order valence-corrected chi connectivity index (χ1v) is 7.89. The van der Waals surface area contributed by atoms with Crippen LogP contribution in [0.15, 0.2) is 54.6 Å². The molecule has 0 aliphatic carbocycles. The van der Waals surface area contributed by atoms with Crippen molar-refractivity contribution in [3.63, 3.8) is 0 Å². The van der Waals surface area contributed by atoms with Crippen molar-refractivity contribution in [2.75, 3.05) is 14.2 Å². The van der Waals surface area contributed by atoms with E-state index in [1.165, 1.54) is 0 Å². The van der Waals surface area contributed by atoms with Crippen LogP contribution in [0.1, 0.15) is 5.56 Å². The molecule has 0 amide bonds. The van der Waals surface area contributed by atoms with Crippen molar-refractivity contribution in [1.82, 2.24) is 0 Å². The fraction of sp³-hybridized carbons (Fsp3) is 0.105. The van der Waals surface area contributed by atoms with E-state index in [1.54, 1.807) is 25.6 Å². The van der Waals surface area contributed by atoms with Gasteiger partial charge in [0.1, 0.15) is 17.6 Å². The highest BCUT2D eigenvalue weighted by atomic mass is 32.1. The minimum Gasteiger partial charge on any atom is -0.497 e. The van der Waals surface area contributed by atoms with Crippen LogP contribution in [0.5, 0.6) is 11.5 Å². The van der Waals surface area contributed by atoms with Gasteiger partial charge in [0.25, 0.3) is 0 Å². The van der Waals surface area contributed by atoms with E-state index in [1.807, 2.05) is 54.6 Å². The van der Waals surface area contributed by atoms with Crippen molar-refractivity contribution in [2.45, 2.75) is 0 Å². The highest BCUT2D eigenvalue weighted by molar-refractivity contribution is 7.19. The van der Waals surface area contributed by atoms with E-state index in [9.17, 15) is 5.26 Å². The second-order valence-corrected chi connectivity index (χ2v) is 5.97. The maximum Gasteiger partial charge on any atom is 0.118 e. The van der Waals surface area contributed by atoms with Crippen LogP contribution in [0.4, 0.5) is 0 Å².